The number of rotatable bonds is 9. The summed E-state index contributed by atoms with van der Waals surface area (Å²) in [7, 11) is 0. The number of para-hydroxylation sites is 3. The maximum absolute atomic E-state index is 13.5. The third-order valence-corrected chi connectivity index (χ3v) is 5.65. The Morgan fingerprint density at radius 1 is 0.730 bits per heavy atom. The molecule has 3 N–H and O–H groups in total. The quantitative estimate of drug-likeness (QED) is 0.278. The summed E-state index contributed by atoms with van der Waals surface area (Å²) < 4.78 is 5.14. The molecule has 0 saturated heterocycles. The van der Waals surface area contributed by atoms with E-state index in [0.29, 0.717) is 5.69 Å². The number of hydrazine groups is 1. The molecule has 188 valence electrons. The summed E-state index contributed by atoms with van der Waals surface area (Å²) in [6.07, 6.45) is 1.40. The topological polar surface area (TPSA) is 104 Å². The van der Waals surface area contributed by atoms with Gasteiger partial charge in [-0.1, -0.05) is 62.4 Å². The molecule has 4 rings (SSSR count). The van der Waals surface area contributed by atoms with Crippen molar-refractivity contribution in [1.82, 2.24) is 10.7 Å². The number of carbonyl (C=O) groups is 3. The van der Waals surface area contributed by atoms with Gasteiger partial charge in [0.25, 0.3) is 17.7 Å². The average molecular weight is 497 g/mol. The van der Waals surface area contributed by atoms with Crippen molar-refractivity contribution in [2.45, 2.75) is 19.9 Å². The van der Waals surface area contributed by atoms with Crippen LogP contribution >= 0.6 is 0 Å². The highest BCUT2D eigenvalue weighted by atomic mass is 16.3. The number of amides is 3. The summed E-state index contributed by atoms with van der Waals surface area (Å²) in [5.41, 5.74) is 5.01. The lowest BCUT2D eigenvalue weighted by atomic mass is 10.0. The van der Waals surface area contributed by atoms with Gasteiger partial charge < -0.3 is 15.1 Å². The van der Waals surface area contributed by atoms with Crippen molar-refractivity contribution in [3.05, 3.63) is 115 Å². The van der Waals surface area contributed by atoms with Crippen LogP contribution in [0.15, 0.2) is 108 Å². The summed E-state index contributed by atoms with van der Waals surface area (Å²) in [5, 5.41) is 7.22. The normalized spacial score (nSPS) is 11.4. The summed E-state index contributed by atoms with van der Waals surface area (Å²) in [5.74, 6) is -1.45. The average Bonchev–Trinajstić information content (AvgIpc) is 3.47. The van der Waals surface area contributed by atoms with E-state index in [1.807, 2.05) is 74.5 Å². The monoisotopic (exact) mass is 496 g/mol. The van der Waals surface area contributed by atoms with E-state index in [4.69, 9.17) is 4.42 Å². The molecule has 0 radical (unpaired) electrons. The molecular formula is C29H28N4O4. The Morgan fingerprint density at radius 3 is 1.89 bits per heavy atom. The van der Waals surface area contributed by atoms with Crippen LogP contribution in [0.3, 0.4) is 0 Å². The Morgan fingerprint density at radius 2 is 1.32 bits per heavy atom. The Balaban J connectivity index is 1.54. The first kappa shape index (κ1) is 25.2. The van der Waals surface area contributed by atoms with Gasteiger partial charge in [0, 0.05) is 0 Å². The summed E-state index contributed by atoms with van der Waals surface area (Å²) in [6, 6.07) is 27.7. The minimum absolute atomic E-state index is 0.122. The smallest absolute Gasteiger partial charge is 0.291 e. The van der Waals surface area contributed by atoms with Crippen LogP contribution in [-0.4, -0.2) is 23.8 Å². The minimum atomic E-state index is -0.851. The molecule has 4 aromatic rings. The van der Waals surface area contributed by atoms with E-state index in [0.717, 1.165) is 11.4 Å². The number of anilines is 3. The van der Waals surface area contributed by atoms with Gasteiger partial charge in [0.1, 0.15) is 6.04 Å². The second-order valence-corrected chi connectivity index (χ2v) is 8.65. The Labute approximate surface area is 215 Å². The largest absolute Gasteiger partial charge is 0.459 e. The molecule has 1 atom stereocenters. The second kappa shape index (κ2) is 11.7. The van der Waals surface area contributed by atoms with Gasteiger partial charge in [-0.25, -0.2) is 0 Å². The van der Waals surface area contributed by atoms with E-state index in [-0.39, 0.29) is 23.1 Å². The molecule has 0 aliphatic rings. The molecule has 0 saturated carbocycles. The van der Waals surface area contributed by atoms with Crippen LogP contribution in [-0.2, 0) is 4.79 Å². The van der Waals surface area contributed by atoms with E-state index in [9.17, 15) is 14.4 Å². The lowest BCUT2D eigenvalue weighted by Crippen LogP contribution is -2.53. The molecule has 0 bridgehead atoms. The van der Waals surface area contributed by atoms with E-state index in [2.05, 4.69) is 16.1 Å². The molecule has 8 heteroatoms. The lowest BCUT2D eigenvalue weighted by Gasteiger charge is -2.29. The standard InChI is InChI=1S/C29H28N4O4/c1-20(2)26(29(36)32-33(21-12-5-3-6-13-21)22-14-7-4-8-15-22)31-27(34)23-16-9-10-17-24(23)30-28(35)25-18-11-19-37-25/h3-20,26H,1-2H3,(H,30,35)(H,31,34)(H,32,36). The van der Waals surface area contributed by atoms with Gasteiger partial charge in [-0.05, 0) is 54.4 Å². The van der Waals surface area contributed by atoms with Crippen molar-refractivity contribution in [2.75, 3.05) is 10.3 Å². The van der Waals surface area contributed by atoms with Crippen molar-refractivity contribution in [2.24, 2.45) is 5.92 Å². The summed E-state index contributed by atoms with van der Waals surface area (Å²) >= 11 is 0. The number of hydrogen-bond acceptors (Lipinski definition) is 5. The lowest BCUT2D eigenvalue weighted by molar-refractivity contribution is -0.123. The SMILES string of the molecule is CC(C)C(NC(=O)c1ccccc1NC(=O)c1ccco1)C(=O)NN(c1ccccc1)c1ccccc1. The molecule has 0 spiro atoms. The van der Waals surface area contributed by atoms with Crippen LogP contribution in [0.5, 0.6) is 0 Å². The van der Waals surface area contributed by atoms with Crippen molar-refractivity contribution >= 4 is 34.8 Å². The first-order chi connectivity index (χ1) is 17.9. The van der Waals surface area contributed by atoms with Crippen LogP contribution < -0.4 is 21.1 Å². The zero-order valence-corrected chi connectivity index (χ0v) is 20.5. The summed E-state index contributed by atoms with van der Waals surface area (Å²) in [4.78, 5) is 39.2. The van der Waals surface area contributed by atoms with Crippen molar-refractivity contribution in [3.63, 3.8) is 0 Å². The third-order valence-electron chi connectivity index (χ3n) is 5.65. The number of hydrogen-bond donors (Lipinski definition) is 3. The maximum atomic E-state index is 13.5. The number of benzene rings is 3. The van der Waals surface area contributed by atoms with Gasteiger partial charge in [0.15, 0.2) is 5.76 Å². The molecule has 0 fully saturated rings. The van der Waals surface area contributed by atoms with E-state index < -0.39 is 17.9 Å². The highest BCUT2D eigenvalue weighted by molar-refractivity contribution is 6.08. The van der Waals surface area contributed by atoms with Gasteiger partial charge in [0.2, 0.25) is 0 Å². The second-order valence-electron chi connectivity index (χ2n) is 8.65. The van der Waals surface area contributed by atoms with E-state index in [1.54, 1.807) is 35.3 Å². The van der Waals surface area contributed by atoms with E-state index >= 15 is 0 Å². The van der Waals surface area contributed by atoms with Gasteiger partial charge >= 0.3 is 0 Å². The van der Waals surface area contributed by atoms with Gasteiger partial charge in [-0.15, -0.1) is 0 Å². The van der Waals surface area contributed by atoms with Crippen LogP contribution in [0.2, 0.25) is 0 Å². The molecule has 1 heterocycles. The molecule has 1 aromatic heterocycles. The van der Waals surface area contributed by atoms with Gasteiger partial charge in [0.05, 0.1) is 28.9 Å². The Hall–Kier alpha value is -4.85. The van der Waals surface area contributed by atoms with Gasteiger partial charge in [-0.3, -0.25) is 24.8 Å². The summed E-state index contributed by atoms with van der Waals surface area (Å²) in [6.45, 7) is 3.70. The fraction of sp³-hybridized carbons (Fsp3) is 0.138. The van der Waals surface area contributed by atoms with E-state index in [1.165, 1.54) is 12.3 Å². The van der Waals surface area contributed by atoms with Crippen molar-refractivity contribution in [1.29, 1.82) is 0 Å². The molecular weight excluding hydrogens is 468 g/mol. The van der Waals surface area contributed by atoms with Crippen molar-refractivity contribution in [3.8, 4) is 0 Å². The fourth-order valence-electron chi connectivity index (χ4n) is 3.75. The third kappa shape index (κ3) is 6.24. The number of nitrogens with zero attached hydrogens (tertiary/aromatic N) is 1. The van der Waals surface area contributed by atoms with Crippen LogP contribution in [0.25, 0.3) is 0 Å². The predicted octanol–water partition coefficient (Wildman–Crippen LogP) is 5.16. The molecule has 3 aromatic carbocycles. The van der Waals surface area contributed by atoms with Crippen LogP contribution in [0.4, 0.5) is 17.1 Å². The molecule has 0 aliphatic heterocycles. The molecule has 0 aliphatic carbocycles. The predicted molar refractivity (Wildman–Crippen MR) is 142 cm³/mol. The number of nitrogens with one attached hydrogen (secondary N) is 3. The highest BCUT2D eigenvalue weighted by Gasteiger charge is 2.28. The zero-order chi connectivity index (χ0) is 26.2. The number of carbonyl (C=O) groups excluding carboxylic acids is 3. The maximum Gasteiger partial charge on any atom is 0.291 e. The van der Waals surface area contributed by atoms with Gasteiger partial charge in [-0.2, -0.15) is 0 Å². The van der Waals surface area contributed by atoms with Crippen LogP contribution in [0.1, 0.15) is 34.8 Å². The Bertz CT molecular complexity index is 1300. The minimum Gasteiger partial charge on any atom is -0.459 e. The first-order valence-electron chi connectivity index (χ1n) is 11.9. The molecule has 3 amide bonds. The van der Waals surface area contributed by atoms with Crippen molar-refractivity contribution < 1.29 is 18.8 Å². The fourth-order valence-corrected chi connectivity index (χ4v) is 3.75. The number of furan rings is 1. The molecule has 8 nitrogen and oxygen atoms in total. The molecule has 37 heavy (non-hydrogen) atoms. The first-order valence-corrected chi connectivity index (χ1v) is 11.9. The Kier molecular flexibility index (Phi) is 8.00. The zero-order valence-electron chi connectivity index (χ0n) is 20.5. The highest BCUT2D eigenvalue weighted by Crippen LogP contribution is 2.23. The molecule has 1 unspecified atom stereocenters. The van der Waals surface area contributed by atoms with Crippen LogP contribution in [0, 0.1) is 5.92 Å².